The van der Waals surface area contributed by atoms with E-state index in [4.69, 9.17) is 4.52 Å². The number of hydrogen-bond donors (Lipinski definition) is 1. The summed E-state index contributed by atoms with van der Waals surface area (Å²) in [6, 6.07) is 12.4. The number of aryl methyl sites for hydroxylation is 1. The number of nitrogens with zero attached hydrogens (tertiary/aromatic N) is 4. The fraction of sp³-hybridized carbons (Fsp3) is 0.273. The number of benzene rings is 1. The first kappa shape index (κ1) is 20.0. The number of aromatic nitrogens is 3. The maximum Gasteiger partial charge on any atom is 0.227 e. The summed E-state index contributed by atoms with van der Waals surface area (Å²) in [6.45, 7) is 2.77. The average Bonchev–Trinajstić information content (AvgIpc) is 3.53. The van der Waals surface area contributed by atoms with Crippen molar-refractivity contribution in [2.75, 3.05) is 11.9 Å². The fourth-order valence-corrected chi connectivity index (χ4v) is 5.25. The van der Waals surface area contributed by atoms with Crippen LogP contribution in [-0.2, 0) is 30.7 Å². The number of hydrogen-bond acceptors (Lipinski definition) is 8. The first-order valence-corrected chi connectivity index (χ1v) is 11.9. The van der Waals surface area contributed by atoms with Crippen molar-refractivity contribution in [2.45, 2.75) is 32.4 Å². The highest BCUT2D eigenvalue weighted by Gasteiger charge is 2.21. The second-order valence-corrected chi connectivity index (χ2v) is 9.27. The molecule has 1 aliphatic heterocycles. The van der Waals surface area contributed by atoms with Gasteiger partial charge in [0.25, 0.3) is 0 Å². The molecule has 3 aromatic heterocycles. The number of anilines is 1. The van der Waals surface area contributed by atoms with Crippen molar-refractivity contribution in [3.05, 3.63) is 69.2 Å². The number of carbonyl (C=O) groups excluding carboxylic acids is 1. The van der Waals surface area contributed by atoms with Gasteiger partial charge in [-0.05, 0) is 17.0 Å². The molecule has 31 heavy (non-hydrogen) atoms. The quantitative estimate of drug-likeness (QED) is 0.449. The van der Waals surface area contributed by atoms with Gasteiger partial charge in [0.05, 0.1) is 5.69 Å². The van der Waals surface area contributed by atoms with Gasteiger partial charge in [-0.2, -0.15) is 16.3 Å². The molecule has 1 aliphatic rings. The summed E-state index contributed by atoms with van der Waals surface area (Å²) in [7, 11) is 0. The Bertz CT molecular complexity index is 1150. The highest BCUT2D eigenvalue weighted by atomic mass is 32.1. The molecule has 0 saturated carbocycles. The molecule has 1 amide bonds. The van der Waals surface area contributed by atoms with Gasteiger partial charge in [-0.25, -0.2) is 4.98 Å². The molecule has 1 aromatic carbocycles. The summed E-state index contributed by atoms with van der Waals surface area (Å²) in [4.78, 5) is 25.0. The van der Waals surface area contributed by atoms with Crippen molar-refractivity contribution in [1.29, 1.82) is 0 Å². The molecule has 0 aliphatic carbocycles. The van der Waals surface area contributed by atoms with Gasteiger partial charge in [0.15, 0.2) is 5.13 Å². The first-order chi connectivity index (χ1) is 15.2. The average molecular weight is 452 g/mol. The molecule has 0 radical (unpaired) electrons. The molecule has 1 N–H and O–H groups in total. The molecule has 0 unspecified atom stereocenters. The number of thiophene rings is 1. The molecule has 0 saturated heterocycles. The minimum atomic E-state index is -0.0949. The second kappa shape index (κ2) is 9.09. The highest BCUT2D eigenvalue weighted by molar-refractivity contribution is 7.15. The Morgan fingerprint density at radius 1 is 1.19 bits per heavy atom. The lowest BCUT2D eigenvalue weighted by molar-refractivity contribution is -0.116. The van der Waals surface area contributed by atoms with Crippen LogP contribution in [0.15, 0.2) is 51.7 Å². The van der Waals surface area contributed by atoms with E-state index in [-0.39, 0.29) is 12.3 Å². The highest BCUT2D eigenvalue weighted by Crippen LogP contribution is 2.29. The van der Waals surface area contributed by atoms with Gasteiger partial charge >= 0.3 is 0 Å². The van der Waals surface area contributed by atoms with Gasteiger partial charge in [-0.3, -0.25) is 9.69 Å². The standard InChI is InChI=1S/C22H21N5O2S2/c28-19(6-7-20-25-21(26-29-20)16-9-11-30-14-16)24-22-23-17-8-10-27(13-18(17)31-22)12-15-4-2-1-3-5-15/h1-5,9,11,14H,6-8,10,12-13H2,(H,23,24,28). The Balaban J connectivity index is 1.14. The van der Waals surface area contributed by atoms with Crippen LogP contribution in [0.3, 0.4) is 0 Å². The van der Waals surface area contributed by atoms with E-state index in [1.165, 1.54) is 10.4 Å². The summed E-state index contributed by atoms with van der Waals surface area (Å²) in [5.41, 5.74) is 3.34. The van der Waals surface area contributed by atoms with Crippen molar-refractivity contribution in [3.8, 4) is 11.4 Å². The molecule has 0 bridgehead atoms. The van der Waals surface area contributed by atoms with Crippen LogP contribution in [0, 0.1) is 0 Å². The normalized spacial score (nSPS) is 13.8. The number of carbonyl (C=O) groups is 1. The number of thiazole rings is 1. The Labute approximate surface area is 187 Å². The Kier molecular flexibility index (Phi) is 5.88. The van der Waals surface area contributed by atoms with Crippen LogP contribution >= 0.6 is 22.7 Å². The van der Waals surface area contributed by atoms with Crippen molar-refractivity contribution in [1.82, 2.24) is 20.0 Å². The lowest BCUT2D eigenvalue weighted by Gasteiger charge is -2.25. The third-order valence-electron chi connectivity index (χ3n) is 5.12. The lowest BCUT2D eigenvalue weighted by atomic mass is 10.1. The van der Waals surface area contributed by atoms with Crippen LogP contribution < -0.4 is 5.32 Å². The Hall–Kier alpha value is -2.88. The molecule has 5 rings (SSSR count). The Morgan fingerprint density at radius 2 is 2.10 bits per heavy atom. The van der Waals surface area contributed by atoms with Crippen LogP contribution in [-0.4, -0.2) is 32.5 Å². The largest absolute Gasteiger partial charge is 0.339 e. The minimum Gasteiger partial charge on any atom is -0.339 e. The number of amides is 1. The molecule has 4 heterocycles. The van der Waals surface area contributed by atoms with Crippen LogP contribution in [0.5, 0.6) is 0 Å². The summed E-state index contributed by atoms with van der Waals surface area (Å²) >= 11 is 3.15. The van der Waals surface area contributed by atoms with Crippen LogP contribution in [0.25, 0.3) is 11.4 Å². The molecule has 9 heteroatoms. The van der Waals surface area contributed by atoms with Crippen LogP contribution in [0.2, 0.25) is 0 Å². The molecule has 0 fully saturated rings. The summed E-state index contributed by atoms with van der Waals surface area (Å²) in [5, 5.41) is 11.5. The SMILES string of the molecule is O=C(CCc1nc(-c2ccsc2)no1)Nc1nc2c(s1)CN(Cc1ccccc1)CC2. The molecule has 7 nitrogen and oxygen atoms in total. The predicted octanol–water partition coefficient (Wildman–Crippen LogP) is 4.38. The van der Waals surface area contributed by atoms with E-state index in [1.54, 1.807) is 22.7 Å². The maximum absolute atomic E-state index is 12.4. The van der Waals surface area contributed by atoms with Crippen molar-refractivity contribution in [3.63, 3.8) is 0 Å². The Morgan fingerprint density at radius 3 is 2.94 bits per heavy atom. The van der Waals surface area contributed by atoms with E-state index >= 15 is 0 Å². The number of nitrogens with one attached hydrogen (secondary N) is 1. The predicted molar refractivity (Wildman–Crippen MR) is 121 cm³/mol. The maximum atomic E-state index is 12.4. The number of fused-ring (bicyclic) bond motifs is 1. The minimum absolute atomic E-state index is 0.0949. The third-order valence-corrected chi connectivity index (χ3v) is 6.80. The monoisotopic (exact) mass is 451 g/mol. The van der Waals surface area contributed by atoms with E-state index in [0.717, 1.165) is 37.3 Å². The number of rotatable bonds is 7. The van der Waals surface area contributed by atoms with Crippen LogP contribution in [0.1, 0.15) is 28.4 Å². The van der Waals surface area contributed by atoms with Gasteiger partial charge in [-0.1, -0.05) is 35.5 Å². The molecule has 158 valence electrons. The van der Waals surface area contributed by atoms with Gasteiger partial charge in [0.1, 0.15) is 0 Å². The van der Waals surface area contributed by atoms with E-state index in [2.05, 4.69) is 49.6 Å². The smallest absolute Gasteiger partial charge is 0.227 e. The third kappa shape index (κ3) is 4.90. The van der Waals surface area contributed by atoms with E-state index in [1.807, 2.05) is 22.9 Å². The zero-order valence-corrected chi connectivity index (χ0v) is 18.4. The van der Waals surface area contributed by atoms with Gasteiger partial charge < -0.3 is 9.84 Å². The first-order valence-electron chi connectivity index (χ1n) is 10.1. The van der Waals surface area contributed by atoms with Gasteiger partial charge in [0.2, 0.25) is 17.6 Å². The molecular formula is C22H21N5O2S2. The molecule has 4 aromatic rings. The van der Waals surface area contributed by atoms with Gasteiger partial charge in [-0.15, -0.1) is 11.3 Å². The van der Waals surface area contributed by atoms with Crippen molar-refractivity contribution < 1.29 is 9.32 Å². The summed E-state index contributed by atoms with van der Waals surface area (Å²) in [5.74, 6) is 0.929. The fourth-order valence-electron chi connectivity index (χ4n) is 3.55. The van der Waals surface area contributed by atoms with E-state index < -0.39 is 0 Å². The zero-order chi connectivity index (χ0) is 21.0. The second-order valence-electron chi connectivity index (χ2n) is 7.41. The molecule has 0 atom stereocenters. The van der Waals surface area contributed by atoms with Gasteiger partial charge in [0, 0.05) is 54.7 Å². The van der Waals surface area contributed by atoms with E-state index in [9.17, 15) is 4.79 Å². The lowest BCUT2D eigenvalue weighted by Crippen LogP contribution is -2.29. The summed E-state index contributed by atoms with van der Waals surface area (Å²) in [6.07, 6.45) is 1.58. The van der Waals surface area contributed by atoms with Crippen molar-refractivity contribution >= 4 is 33.7 Å². The zero-order valence-electron chi connectivity index (χ0n) is 16.8. The van der Waals surface area contributed by atoms with Crippen LogP contribution in [0.4, 0.5) is 5.13 Å². The van der Waals surface area contributed by atoms with E-state index in [0.29, 0.717) is 23.3 Å². The molecular weight excluding hydrogens is 430 g/mol. The topological polar surface area (TPSA) is 84.1 Å². The summed E-state index contributed by atoms with van der Waals surface area (Å²) < 4.78 is 5.26. The molecule has 0 spiro atoms. The van der Waals surface area contributed by atoms with Crippen molar-refractivity contribution in [2.24, 2.45) is 0 Å².